The Bertz CT molecular complexity index is 857. The van der Waals surface area contributed by atoms with Gasteiger partial charge in [-0.25, -0.2) is 4.79 Å². The standard InChI is InChI=1S/C18H23N3O4.C2HF3O2/c22-18(15-6-2-10-23-15)21-13-16(17-14(21)5-1-11-25-17)24-12-4-9-20-8-3-7-19-20;3-2(4,5)1(6)7/h2-3,6-8,10,14,16-17H,1,4-5,9,11-13H2;(H,6,7)/t14-,16+,17+;/m1./s1. The minimum Gasteiger partial charge on any atom is -0.475 e. The highest BCUT2D eigenvalue weighted by Gasteiger charge is 2.47. The Labute approximate surface area is 181 Å². The zero-order valence-electron chi connectivity index (χ0n) is 17.1. The summed E-state index contributed by atoms with van der Waals surface area (Å²) in [6, 6.07) is 5.43. The van der Waals surface area contributed by atoms with Crippen molar-refractivity contribution >= 4 is 11.9 Å². The number of carbonyl (C=O) groups excluding carboxylic acids is 1. The van der Waals surface area contributed by atoms with Crippen molar-refractivity contribution < 1.29 is 41.8 Å². The Kier molecular flexibility index (Phi) is 7.91. The number of nitrogens with zero attached hydrogens (tertiary/aromatic N) is 3. The molecule has 2 aromatic rings. The molecular weight excluding hydrogens is 435 g/mol. The molecule has 12 heteroatoms. The van der Waals surface area contributed by atoms with Crippen molar-refractivity contribution in [3.05, 3.63) is 42.6 Å². The lowest BCUT2D eigenvalue weighted by Crippen LogP contribution is -2.43. The van der Waals surface area contributed by atoms with Gasteiger partial charge in [0, 0.05) is 32.2 Å². The topological polar surface area (TPSA) is 107 Å². The molecule has 0 aromatic carbocycles. The van der Waals surface area contributed by atoms with Gasteiger partial charge < -0.3 is 23.9 Å². The minimum atomic E-state index is -5.08. The molecule has 0 bridgehead atoms. The average Bonchev–Trinajstić information content (AvgIpc) is 3.52. The van der Waals surface area contributed by atoms with E-state index in [0.29, 0.717) is 18.9 Å². The smallest absolute Gasteiger partial charge is 0.475 e. The molecule has 1 amide bonds. The van der Waals surface area contributed by atoms with Crippen LogP contribution in [-0.2, 0) is 20.8 Å². The highest BCUT2D eigenvalue weighted by Crippen LogP contribution is 2.32. The van der Waals surface area contributed by atoms with E-state index in [-0.39, 0.29) is 24.2 Å². The molecule has 0 radical (unpaired) electrons. The van der Waals surface area contributed by atoms with Crippen LogP contribution < -0.4 is 0 Å². The van der Waals surface area contributed by atoms with Crippen molar-refractivity contribution in [2.45, 2.75) is 50.2 Å². The third-order valence-electron chi connectivity index (χ3n) is 5.14. The van der Waals surface area contributed by atoms with Gasteiger partial charge in [0.05, 0.1) is 18.8 Å². The molecule has 1 N–H and O–H groups in total. The first-order chi connectivity index (χ1) is 15.3. The van der Waals surface area contributed by atoms with Gasteiger partial charge in [0.15, 0.2) is 5.76 Å². The molecule has 2 saturated heterocycles. The third kappa shape index (κ3) is 6.10. The molecule has 4 heterocycles. The lowest BCUT2D eigenvalue weighted by atomic mass is 10.0. The number of carbonyl (C=O) groups is 2. The number of aryl methyl sites for hydroxylation is 1. The van der Waals surface area contributed by atoms with Crippen molar-refractivity contribution in [3.63, 3.8) is 0 Å². The van der Waals surface area contributed by atoms with Crippen molar-refractivity contribution in [2.75, 3.05) is 19.8 Å². The molecule has 2 aliphatic rings. The molecule has 0 aliphatic carbocycles. The van der Waals surface area contributed by atoms with Crippen molar-refractivity contribution in [1.82, 2.24) is 14.7 Å². The van der Waals surface area contributed by atoms with E-state index in [0.717, 1.165) is 32.4 Å². The number of aliphatic carboxylic acids is 1. The second kappa shape index (κ2) is 10.6. The molecule has 9 nitrogen and oxygen atoms in total. The number of alkyl halides is 3. The van der Waals surface area contributed by atoms with Crippen molar-refractivity contribution in [1.29, 1.82) is 0 Å². The Hall–Kier alpha value is -2.86. The summed E-state index contributed by atoms with van der Waals surface area (Å²) in [4.78, 5) is 23.5. The van der Waals surface area contributed by atoms with Crippen LogP contribution in [0.25, 0.3) is 0 Å². The van der Waals surface area contributed by atoms with Crippen LogP contribution in [0.15, 0.2) is 41.3 Å². The third-order valence-corrected chi connectivity index (χ3v) is 5.14. The van der Waals surface area contributed by atoms with Gasteiger partial charge in [-0.15, -0.1) is 0 Å². The number of halogens is 3. The molecule has 0 unspecified atom stereocenters. The molecule has 32 heavy (non-hydrogen) atoms. The fourth-order valence-corrected chi connectivity index (χ4v) is 3.73. The van der Waals surface area contributed by atoms with Gasteiger partial charge in [-0.2, -0.15) is 18.3 Å². The van der Waals surface area contributed by atoms with Gasteiger partial charge in [0.25, 0.3) is 5.91 Å². The minimum absolute atomic E-state index is 0.0441. The van der Waals surface area contributed by atoms with E-state index in [2.05, 4.69) is 5.10 Å². The largest absolute Gasteiger partial charge is 0.490 e. The van der Waals surface area contributed by atoms with E-state index >= 15 is 0 Å². The summed E-state index contributed by atoms with van der Waals surface area (Å²) in [6.45, 7) is 2.73. The zero-order valence-corrected chi connectivity index (χ0v) is 17.1. The average molecular weight is 459 g/mol. The molecule has 2 aromatic heterocycles. The Balaban J connectivity index is 0.000000360. The van der Waals surface area contributed by atoms with Crippen LogP contribution in [0.4, 0.5) is 13.2 Å². The van der Waals surface area contributed by atoms with E-state index < -0.39 is 12.1 Å². The van der Waals surface area contributed by atoms with Crippen LogP contribution in [0.1, 0.15) is 29.8 Å². The highest BCUT2D eigenvalue weighted by molar-refractivity contribution is 5.92. The molecule has 3 atom stereocenters. The van der Waals surface area contributed by atoms with Crippen molar-refractivity contribution in [3.8, 4) is 0 Å². The predicted octanol–water partition coefficient (Wildman–Crippen LogP) is 2.59. The summed E-state index contributed by atoms with van der Waals surface area (Å²) >= 11 is 0. The van der Waals surface area contributed by atoms with E-state index in [1.54, 1.807) is 18.3 Å². The number of carboxylic acid groups (broad SMARTS) is 1. The molecule has 0 spiro atoms. The summed E-state index contributed by atoms with van der Waals surface area (Å²) in [5.41, 5.74) is 0. The number of rotatable bonds is 6. The quantitative estimate of drug-likeness (QED) is 0.662. The molecule has 0 saturated carbocycles. The summed E-state index contributed by atoms with van der Waals surface area (Å²) in [5, 5.41) is 11.3. The Morgan fingerprint density at radius 1 is 1.31 bits per heavy atom. The maximum absolute atomic E-state index is 12.7. The fraction of sp³-hybridized carbons (Fsp3) is 0.550. The van der Waals surface area contributed by atoms with Crippen LogP contribution in [0.5, 0.6) is 0 Å². The monoisotopic (exact) mass is 459 g/mol. The predicted molar refractivity (Wildman–Crippen MR) is 103 cm³/mol. The van der Waals surface area contributed by atoms with Crippen LogP contribution in [-0.4, -0.2) is 75.8 Å². The van der Waals surface area contributed by atoms with Crippen LogP contribution in [0.3, 0.4) is 0 Å². The number of hydrogen-bond donors (Lipinski definition) is 1. The number of fused-ring (bicyclic) bond motifs is 1. The van der Waals surface area contributed by atoms with Gasteiger partial charge in [-0.3, -0.25) is 9.48 Å². The number of likely N-dealkylation sites (tertiary alicyclic amines) is 1. The van der Waals surface area contributed by atoms with Crippen LogP contribution in [0.2, 0.25) is 0 Å². The van der Waals surface area contributed by atoms with Crippen LogP contribution >= 0.6 is 0 Å². The number of aromatic nitrogens is 2. The normalized spacial score (nSPS) is 22.7. The van der Waals surface area contributed by atoms with Gasteiger partial charge in [0.2, 0.25) is 0 Å². The summed E-state index contributed by atoms with van der Waals surface area (Å²) in [5.74, 6) is -2.45. The number of amides is 1. The number of hydrogen-bond acceptors (Lipinski definition) is 6. The number of carboxylic acids is 1. The lowest BCUT2D eigenvalue weighted by Gasteiger charge is -2.31. The molecule has 4 rings (SSSR count). The second-order valence-corrected chi connectivity index (χ2v) is 7.31. The summed E-state index contributed by atoms with van der Waals surface area (Å²) < 4.78 is 50.9. The van der Waals surface area contributed by atoms with Gasteiger partial charge in [0.1, 0.15) is 12.2 Å². The second-order valence-electron chi connectivity index (χ2n) is 7.31. The summed E-state index contributed by atoms with van der Waals surface area (Å²) in [6.07, 6.45) is 2.83. The number of furan rings is 1. The highest BCUT2D eigenvalue weighted by atomic mass is 19.4. The molecule has 2 fully saturated rings. The van der Waals surface area contributed by atoms with Gasteiger partial charge in [-0.05, 0) is 37.5 Å². The Morgan fingerprint density at radius 3 is 2.72 bits per heavy atom. The van der Waals surface area contributed by atoms with E-state index in [1.165, 1.54) is 6.26 Å². The first-order valence-electron chi connectivity index (χ1n) is 10.1. The number of ether oxygens (including phenoxy) is 2. The van der Waals surface area contributed by atoms with Crippen molar-refractivity contribution in [2.24, 2.45) is 0 Å². The van der Waals surface area contributed by atoms with E-state index in [4.69, 9.17) is 23.8 Å². The van der Waals surface area contributed by atoms with Gasteiger partial charge >= 0.3 is 12.1 Å². The molecule has 2 aliphatic heterocycles. The molecule has 176 valence electrons. The maximum Gasteiger partial charge on any atom is 0.490 e. The van der Waals surface area contributed by atoms with E-state index in [1.807, 2.05) is 21.8 Å². The fourth-order valence-electron chi connectivity index (χ4n) is 3.73. The zero-order chi connectivity index (χ0) is 23.1. The maximum atomic E-state index is 12.7. The van der Waals surface area contributed by atoms with Crippen LogP contribution in [0, 0.1) is 0 Å². The Morgan fingerprint density at radius 2 is 2.09 bits per heavy atom. The SMILES string of the molecule is O=C(O)C(F)(F)F.O=C(c1ccco1)N1C[C@H](OCCCn2cccn2)[C@H]2OCCC[C@H]21. The summed E-state index contributed by atoms with van der Waals surface area (Å²) in [7, 11) is 0. The molecular formula is C20H24F3N3O6. The van der Waals surface area contributed by atoms with E-state index in [9.17, 15) is 18.0 Å². The first-order valence-corrected chi connectivity index (χ1v) is 10.1. The first kappa shape index (κ1) is 23.8. The van der Waals surface area contributed by atoms with Gasteiger partial charge in [-0.1, -0.05) is 0 Å². The lowest BCUT2D eigenvalue weighted by molar-refractivity contribution is -0.192.